The molecule has 0 amide bonds. The van der Waals surface area contributed by atoms with Gasteiger partial charge in [-0.2, -0.15) is 5.26 Å². The number of ether oxygens (including phenoxy) is 2. The van der Waals surface area contributed by atoms with Gasteiger partial charge in [-0.15, -0.1) is 11.3 Å². The Balaban J connectivity index is 2.50. The highest BCUT2D eigenvalue weighted by molar-refractivity contribution is 7.10. The lowest BCUT2D eigenvalue weighted by molar-refractivity contribution is 0.340. The Kier molecular flexibility index (Phi) is 4.23. The zero-order valence-electron chi connectivity index (χ0n) is 11.0. The molecule has 0 saturated carbocycles. The molecule has 0 fully saturated rings. The molecule has 2 rings (SSSR count). The summed E-state index contributed by atoms with van der Waals surface area (Å²) in [7, 11) is 2.90. The van der Waals surface area contributed by atoms with E-state index in [0.29, 0.717) is 16.1 Å². The maximum Gasteiger partial charge on any atom is 0.200 e. The smallest absolute Gasteiger partial charge is 0.200 e. The van der Waals surface area contributed by atoms with Crippen LogP contribution in [0, 0.1) is 11.3 Å². The molecular weight excluding hydrogens is 276 g/mol. The number of thiazole rings is 1. The molecule has 1 aromatic carbocycles. The Hall–Kier alpha value is -2.52. The third-order valence-electron chi connectivity index (χ3n) is 2.60. The topological polar surface area (TPSA) is 75.4 Å². The average molecular weight is 288 g/mol. The van der Waals surface area contributed by atoms with Crippen molar-refractivity contribution in [1.82, 2.24) is 4.98 Å². The standard InChI is InChI=1S/C14H12N2O3S/c1-18-11-6-9(7-12(19-2)13(11)17)5-10(8-15)14-16-3-4-20-14/h3-7,17H,1-2H3. The van der Waals surface area contributed by atoms with Crippen molar-refractivity contribution in [3.8, 4) is 23.3 Å². The molecule has 0 aliphatic rings. The molecule has 0 unspecified atom stereocenters. The molecule has 102 valence electrons. The summed E-state index contributed by atoms with van der Waals surface area (Å²) in [6, 6.07) is 5.36. The quantitative estimate of drug-likeness (QED) is 0.875. The molecule has 2 aromatic rings. The minimum Gasteiger partial charge on any atom is -0.502 e. The lowest BCUT2D eigenvalue weighted by Gasteiger charge is -2.09. The highest BCUT2D eigenvalue weighted by Crippen LogP contribution is 2.38. The predicted octanol–water partition coefficient (Wildman–Crippen LogP) is 2.93. The van der Waals surface area contributed by atoms with Crippen molar-refractivity contribution in [3.05, 3.63) is 34.3 Å². The van der Waals surface area contributed by atoms with E-state index in [0.717, 1.165) is 0 Å². The SMILES string of the molecule is COc1cc(C=C(C#N)c2nccs2)cc(OC)c1O. The van der Waals surface area contributed by atoms with Crippen LogP contribution in [0.15, 0.2) is 23.7 Å². The molecule has 6 heteroatoms. The zero-order valence-corrected chi connectivity index (χ0v) is 11.8. The lowest BCUT2D eigenvalue weighted by atomic mass is 10.1. The second-order valence-corrected chi connectivity index (χ2v) is 4.68. The van der Waals surface area contributed by atoms with Crippen LogP contribution in [0.4, 0.5) is 0 Å². The van der Waals surface area contributed by atoms with Gasteiger partial charge in [-0.3, -0.25) is 0 Å². The van der Waals surface area contributed by atoms with E-state index in [4.69, 9.17) is 9.47 Å². The minimum atomic E-state index is -0.0695. The van der Waals surface area contributed by atoms with Crippen LogP contribution in [-0.2, 0) is 0 Å². The normalized spacial score (nSPS) is 10.9. The molecule has 0 spiro atoms. The molecule has 0 radical (unpaired) electrons. The summed E-state index contributed by atoms with van der Waals surface area (Å²) in [5, 5.41) is 21.5. The monoisotopic (exact) mass is 288 g/mol. The van der Waals surface area contributed by atoms with Gasteiger partial charge in [0.25, 0.3) is 0 Å². The number of phenolic OH excluding ortho intramolecular Hbond substituents is 1. The number of aromatic hydroxyl groups is 1. The number of hydrogen-bond donors (Lipinski definition) is 1. The molecule has 0 bridgehead atoms. The van der Waals surface area contributed by atoms with E-state index >= 15 is 0 Å². The maximum absolute atomic E-state index is 9.84. The fourth-order valence-electron chi connectivity index (χ4n) is 1.66. The number of allylic oxidation sites excluding steroid dienone is 1. The molecule has 0 aliphatic carbocycles. The predicted molar refractivity (Wildman–Crippen MR) is 76.8 cm³/mol. The Morgan fingerprint density at radius 3 is 2.45 bits per heavy atom. The molecule has 0 atom stereocenters. The summed E-state index contributed by atoms with van der Waals surface area (Å²) < 4.78 is 10.2. The summed E-state index contributed by atoms with van der Waals surface area (Å²) >= 11 is 1.38. The number of nitriles is 1. The molecular formula is C14H12N2O3S. The number of aromatic nitrogens is 1. The van der Waals surface area contributed by atoms with Crippen molar-refractivity contribution in [1.29, 1.82) is 5.26 Å². The van der Waals surface area contributed by atoms with Crippen LogP contribution < -0.4 is 9.47 Å². The van der Waals surface area contributed by atoms with Crippen LogP contribution in [-0.4, -0.2) is 24.3 Å². The van der Waals surface area contributed by atoms with Crippen LogP contribution >= 0.6 is 11.3 Å². The van der Waals surface area contributed by atoms with E-state index in [2.05, 4.69) is 11.1 Å². The Bertz CT molecular complexity index is 647. The Morgan fingerprint density at radius 1 is 1.35 bits per heavy atom. The van der Waals surface area contributed by atoms with Crippen molar-refractivity contribution in [2.75, 3.05) is 14.2 Å². The summed E-state index contributed by atoms with van der Waals surface area (Å²) in [6.07, 6.45) is 3.31. The Labute approximate surface area is 120 Å². The molecule has 0 saturated heterocycles. The van der Waals surface area contributed by atoms with Crippen LogP contribution in [0.3, 0.4) is 0 Å². The third-order valence-corrected chi connectivity index (χ3v) is 3.40. The number of nitrogens with zero attached hydrogens (tertiary/aromatic N) is 2. The average Bonchev–Trinajstić information content (AvgIpc) is 3.00. The first-order chi connectivity index (χ1) is 9.69. The van der Waals surface area contributed by atoms with Crippen LogP contribution in [0.5, 0.6) is 17.2 Å². The minimum absolute atomic E-state index is 0.0695. The van der Waals surface area contributed by atoms with E-state index in [1.807, 2.05) is 0 Å². The highest BCUT2D eigenvalue weighted by Gasteiger charge is 2.11. The van der Waals surface area contributed by atoms with Gasteiger partial charge in [0.2, 0.25) is 5.75 Å². The van der Waals surface area contributed by atoms with E-state index in [-0.39, 0.29) is 17.2 Å². The number of phenols is 1. The summed E-state index contributed by atoms with van der Waals surface area (Å²) in [5.74, 6) is 0.499. The first-order valence-electron chi connectivity index (χ1n) is 5.66. The van der Waals surface area contributed by atoms with Crippen LogP contribution in [0.1, 0.15) is 10.6 Å². The van der Waals surface area contributed by atoms with Crippen molar-refractivity contribution in [2.24, 2.45) is 0 Å². The number of methoxy groups -OCH3 is 2. The molecule has 1 aromatic heterocycles. The number of hydrogen-bond acceptors (Lipinski definition) is 6. The van der Waals surface area contributed by atoms with Crippen molar-refractivity contribution in [3.63, 3.8) is 0 Å². The zero-order chi connectivity index (χ0) is 14.5. The van der Waals surface area contributed by atoms with Gasteiger partial charge in [0.1, 0.15) is 11.1 Å². The molecule has 5 nitrogen and oxygen atoms in total. The molecule has 20 heavy (non-hydrogen) atoms. The first kappa shape index (κ1) is 13.9. The summed E-state index contributed by atoms with van der Waals surface area (Å²) in [5.41, 5.74) is 1.12. The molecule has 0 aliphatic heterocycles. The van der Waals surface area contributed by atoms with Gasteiger partial charge in [0.15, 0.2) is 11.5 Å². The van der Waals surface area contributed by atoms with E-state index in [1.165, 1.54) is 25.6 Å². The largest absolute Gasteiger partial charge is 0.502 e. The Morgan fingerprint density at radius 2 is 2.00 bits per heavy atom. The van der Waals surface area contributed by atoms with Gasteiger partial charge in [-0.25, -0.2) is 4.98 Å². The fourth-order valence-corrected chi connectivity index (χ4v) is 2.27. The molecule has 1 N–H and O–H groups in total. The first-order valence-corrected chi connectivity index (χ1v) is 6.54. The summed E-state index contributed by atoms with van der Waals surface area (Å²) in [4.78, 5) is 4.10. The number of rotatable bonds is 4. The van der Waals surface area contributed by atoms with Crippen molar-refractivity contribution < 1.29 is 14.6 Å². The van der Waals surface area contributed by atoms with Crippen molar-refractivity contribution >= 4 is 23.0 Å². The van der Waals surface area contributed by atoms with E-state index < -0.39 is 0 Å². The van der Waals surface area contributed by atoms with Gasteiger partial charge in [-0.1, -0.05) is 0 Å². The molecule has 1 heterocycles. The number of benzene rings is 1. The van der Waals surface area contributed by atoms with E-state index in [9.17, 15) is 10.4 Å². The second-order valence-electron chi connectivity index (χ2n) is 3.78. The summed E-state index contributed by atoms with van der Waals surface area (Å²) in [6.45, 7) is 0. The van der Waals surface area contributed by atoms with Crippen LogP contribution in [0.25, 0.3) is 11.6 Å². The fraction of sp³-hybridized carbons (Fsp3) is 0.143. The van der Waals surface area contributed by atoms with Gasteiger partial charge >= 0.3 is 0 Å². The third kappa shape index (κ3) is 2.73. The van der Waals surface area contributed by atoms with E-state index in [1.54, 1.807) is 29.8 Å². The van der Waals surface area contributed by atoms with Gasteiger partial charge in [0, 0.05) is 11.6 Å². The van der Waals surface area contributed by atoms with Gasteiger partial charge in [0.05, 0.1) is 19.8 Å². The highest BCUT2D eigenvalue weighted by atomic mass is 32.1. The van der Waals surface area contributed by atoms with Crippen LogP contribution in [0.2, 0.25) is 0 Å². The maximum atomic E-state index is 9.84. The van der Waals surface area contributed by atoms with Gasteiger partial charge < -0.3 is 14.6 Å². The lowest BCUT2D eigenvalue weighted by Crippen LogP contribution is -1.90. The van der Waals surface area contributed by atoms with Crippen molar-refractivity contribution in [2.45, 2.75) is 0 Å². The second kappa shape index (κ2) is 6.08. The van der Waals surface area contributed by atoms with Gasteiger partial charge in [-0.05, 0) is 23.8 Å².